The number of ether oxygens (including phenoxy) is 1. The van der Waals surface area contributed by atoms with Crippen LogP contribution in [0.3, 0.4) is 0 Å². The van der Waals surface area contributed by atoms with Gasteiger partial charge in [-0.05, 0) is 18.4 Å². The average Bonchev–Trinajstić information content (AvgIpc) is 3.00. The van der Waals surface area contributed by atoms with Crippen molar-refractivity contribution >= 4 is 16.9 Å². The van der Waals surface area contributed by atoms with Crippen LogP contribution < -0.4 is 5.43 Å². The predicted molar refractivity (Wildman–Crippen MR) is 106 cm³/mol. The standard InChI is InChI=1S/C21H23N3O4/c1-5-28-20(27)13-10-23-14(9-16(13)26)19-12-7-6-8-15(25)18(12)22-24(19)11-17(23)21(2,3)4/h6-10,17,25H,5,11H2,1-4H3/t17-/m0/s1. The summed E-state index contributed by atoms with van der Waals surface area (Å²) in [4.78, 5) is 25.0. The highest BCUT2D eigenvalue weighted by molar-refractivity contribution is 5.96. The molecule has 1 atom stereocenters. The Morgan fingerprint density at radius 3 is 2.79 bits per heavy atom. The van der Waals surface area contributed by atoms with E-state index >= 15 is 0 Å². The number of phenolic OH excluding ortho intramolecular Hbond substituents is 1. The van der Waals surface area contributed by atoms with E-state index in [0.717, 1.165) is 11.1 Å². The third-order valence-corrected chi connectivity index (χ3v) is 5.25. The summed E-state index contributed by atoms with van der Waals surface area (Å²) in [7, 11) is 0. The van der Waals surface area contributed by atoms with Gasteiger partial charge in [-0.25, -0.2) is 4.79 Å². The van der Waals surface area contributed by atoms with E-state index in [4.69, 9.17) is 4.74 Å². The van der Waals surface area contributed by atoms with Crippen LogP contribution in [0.4, 0.5) is 0 Å². The van der Waals surface area contributed by atoms with Gasteiger partial charge in [0.2, 0.25) is 0 Å². The maximum atomic E-state index is 12.7. The molecule has 0 saturated heterocycles. The van der Waals surface area contributed by atoms with Gasteiger partial charge in [-0.1, -0.05) is 32.9 Å². The SMILES string of the molecule is CCOC(=O)c1cn2c(cc1=O)-c1c3cccc(O)c3nn1C[C@H]2C(C)(C)C. The van der Waals surface area contributed by atoms with Crippen molar-refractivity contribution in [2.45, 2.75) is 40.3 Å². The number of benzene rings is 1. The summed E-state index contributed by atoms with van der Waals surface area (Å²) in [5.41, 5.74) is 1.42. The molecular weight excluding hydrogens is 358 g/mol. The molecule has 1 aliphatic rings. The number of nitrogens with zero attached hydrogens (tertiary/aromatic N) is 3. The maximum Gasteiger partial charge on any atom is 0.343 e. The Morgan fingerprint density at radius 2 is 2.11 bits per heavy atom. The summed E-state index contributed by atoms with van der Waals surface area (Å²) in [5, 5.41) is 15.6. The van der Waals surface area contributed by atoms with E-state index in [9.17, 15) is 14.7 Å². The lowest BCUT2D eigenvalue weighted by molar-refractivity contribution is 0.0522. The number of carbonyl (C=O) groups is 1. The number of hydrogen-bond donors (Lipinski definition) is 1. The Balaban J connectivity index is 2.03. The normalized spacial score (nSPS) is 15.9. The molecule has 0 fully saturated rings. The van der Waals surface area contributed by atoms with Gasteiger partial charge < -0.3 is 14.4 Å². The molecule has 146 valence electrons. The van der Waals surface area contributed by atoms with E-state index in [-0.39, 0.29) is 34.8 Å². The molecular formula is C21H23N3O4. The molecule has 2 aromatic heterocycles. The quantitative estimate of drug-likeness (QED) is 0.688. The summed E-state index contributed by atoms with van der Waals surface area (Å²) in [6, 6.07) is 6.66. The number of phenols is 1. The number of pyridine rings is 1. The molecule has 4 rings (SSSR count). The molecule has 7 heteroatoms. The number of hydrogen-bond acceptors (Lipinski definition) is 5. The van der Waals surface area contributed by atoms with Crippen molar-refractivity contribution in [1.29, 1.82) is 0 Å². The van der Waals surface area contributed by atoms with Gasteiger partial charge in [0, 0.05) is 17.6 Å². The van der Waals surface area contributed by atoms with Crippen molar-refractivity contribution in [1.82, 2.24) is 14.3 Å². The zero-order valence-corrected chi connectivity index (χ0v) is 16.4. The fraction of sp³-hybridized carbons (Fsp3) is 0.381. The van der Waals surface area contributed by atoms with Crippen molar-refractivity contribution in [2.24, 2.45) is 5.41 Å². The van der Waals surface area contributed by atoms with Crippen molar-refractivity contribution in [3.8, 4) is 17.1 Å². The number of aromatic nitrogens is 3. The molecule has 0 spiro atoms. The van der Waals surface area contributed by atoms with Crippen LogP contribution >= 0.6 is 0 Å². The van der Waals surface area contributed by atoms with Crippen LogP contribution in [0.5, 0.6) is 5.75 Å². The molecule has 1 aromatic carbocycles. The van der Waals surface area contributed by atoms with Gasteiger partial charge >= 0.3 is 5.97 Å². The second kappa shape index (κ2) is 6.22. The highest BCUT2D eigenvalue weighted by Crippen LogP contribution is 2.42. The van der Waals surface area contributed by atoms with Crippen LogP contribution in [0.25, 0.3) is 22.3 Å². The molecule has 28 heavy (non-hydrogen) atoms. The molecule has 0 radical (unpaired) electrons. The Hall–Kier alpha value is -3.09. The van der Waals surface area contributed by atoms with Gasteiger partial charge in [0.1, 0.15) is 16.8 Å². The molecule has 0 bridgehead atoms. The Bertz CT molecular complexity index is 1150. The first kappa shape index (κ1) is 18.3. The number of aromatic hydroxyl groups is 1. The molecule has 0 unspecified atom stereocenters. The lowest BCUT2D eigenvalue weighted by atomic mass is 9.85. The zero-order valence-electron chi connectivity index (χ0n) is 16.4. The van der Waals surface area contributed by atoms with Crippen LogP contribution in [0.15, 0.2) is 35.3 Å². The topological polar surface area (TPSA) is 86.3 Å². The average molecular weight is 381 g/mol. The maximum absolute atomic E-state index is 12.7. The highest BCUT2D eigenvalue weighted by Gasteiger charge is 2.35. The van der Waals surface area contributed by atoms with Gasteiger partial charge in [-0.15, -0.1) is 0 Å². The number of fused-ring (bicyclic) bond motifs is 5. The number of carbonyl (C=O) groups excluding carboxylic acids is 1. The van der Waals surface area contributed by atoms with Crippen LogP contribution in [0.1, 0.15) is 44.1 Å². The molecule has 0 saturated carbocycles. The first-order valence-electron chi connectivity index (χ1n) is 9.34. The Morgan fingerprint density at radius 1 is 1.36 bits per heavy atom. The van der Waals surface area contributed by atoms with Gasteiger partial charge in [0.05, 0.1) is 30.6 Å². The van der Waals surface area contributed by atoms with Crippen molar-refractivity contribution in [3.63, 3.8) is 0 Å². The fourth-order valence-electron chi connectivity index (χ4n) is 3.84. The van der Waals surface area contributed by atoms with Crippen molar-refractivity contribution in [2.75, 3.05) is 6.61 Å². The molecule has 1 N–H and O–H groups in total. The molecule has 7 nitrogen and oxygen atoms in total. The third kappa shape index (κ3) is 2.69. The van der Waals surface area contributed by atoms with Crippen LogP contribution in [0.2, 0.25) is 0 Å². The number of rotatable bonds is 2. The molecule has 3 aromatic rings. The highest BCUT2D eigenvalue weighted by atomic mass is 16.5. The van der Waals surface area contributed by atoms with Gasteiger partial charge in [-0.3, -0.25) is 9.48 Å². The zero-order chi connectivity index (χ0) is 20.2. The summed E-state index contributed by atoms with van der Waals surface area (Å²) in [6.07, 6.45) is 1.61. The van der Waals surface area contributed by atoms with E-state index in [1.165, 1.54) is 6.07 Å². The second-order valence-electron chi connectivity index (χ2n) is 8.15. The lowest BCUT2D eigenvalue weighted by Gasteiger charge is -2.38. The van der Waals surface area contributed by atoms with Gasteiger partial charge in [-0.2, -0.15) is 5.10 Å². The van der Waals surface area contributed by atoms with E-state index < -0.39 is 5.97 Å². The second-order valence-corrected chi connectivity index (χ2v) is 8.15. The molecule has 0 aliphatic carbocycles. The Kier molecular flexibility index (Phi) is 4.06. The van der Waals surface area contributed by atoms with Crippen LogP contribution in [0, 0.1) is 5.41 Å². The van der Waals surface area contributed by atoms with Crippen molar-refractivity contribution in [3.05, 3.63) is 46.2 Å². The minimum absolute atomic E-state index is 0.0277. The smallest absolute Gasteiger partial charge is 0.343 e. The summed E-state index contributed by atoms with van der Waals surface area (Å²) < 4.78 is 8.88. The summed E-state index contributed by atoms with van der Waals surface area (Å²) in [6.45, 7) is 8.80. The summed E-state index contributed by atoms with van der Waals surface area (Å²) >= 11 is 0. The minimum Gasteiger partial charge on any atom is -0.506 e. The van der Waals surface area contributed by atoms with Gasteiger partial charge in [0.15, 0.2) is 5.43 Å². The van der Waals surface area contributed by atoms with E-state index in [1.54, 1.807) is 25.3 Å². The minimum atomic E-state index is -0.614. The van der Waals surface area contributed by atoms with E-state index in [2.05, 4.69) is 25.9 Å². The fourth-order valence-corrected chi connectivity index (χ4v) is 3.84. The lowest BCUT2D eigenvalue weighted by Crippen LogP contribution is -2.35. The first-order chi connectivity index (χ1) is 13.2. The Labute approximate surface area is 162 Å². The van der Waals surface area contributed by atoms with E-state index in [1.807, 2.05) is 15.3 Å². The van der Waals surface area contributed by atoms with E-state index in [0.29, 0.717) is 17.8 Å². The third-order valence-electron chi connectivity index (χ3n) is 5.25. The van der Waals surface area contributed by atoms with Crippen molar-refractivity contribution < 1.29 is 14.6 Å². The number of esters is 1. The molecule has 0 amide bonds. The van der Waals surface area contributed by atoms with Crippen LogP contribution in [-0.4, -0.2) is 32.0 Å². The molecule has 1 aliphatic heterocycles. The first-order valence-corrected chi connectivity index (χ1v) is 9.34. The summed E-state index contributed by atoms with van der Waals surface area (Å²) in [5.74, 6) is -0.513. The largest absolute Gasteiger partial charge is 0.506 e. The monoisotopic (exact) mass is 381 g/mol. The van der Waals surface area contributed by atoms with Crippen LogP contribution in [-0.2, 0) is 11.3 Å². The van der Waals surface area contributed by atoms with Gasteiger partial charge in [0.25, 0.3) is 0 Å². The predicted octanol–water partition coefficient (Wildman–Crippen LogP) is 3.35. The molecule has 3 heterocycles.